The molecule has 6 nitrogen and oxygen atoms in total. The highest BCUT2D eigenvalue weighted by atomic mass is 35.5. The maximum Gasteiger partial charge on any atom is 0.264 e. The average Bonchev–Trinajstić information content (AvgIpc) is 3.25. The van der Waals surface area contributed by atoms with Crippen LogP contribution < -0.4 is 10.1 Å². The quantitative estimate of drug-likeness (QED) is 0.376. The van der Waals surface area contributed by atoms with E-state index in [0.717, 1.165) is 22.4 Å². The first kappa shape index (κ1) is 20.9. The van der Waals surface area contributed by atoms with Gasteiger partial charge in [-0.2, -0.15) is 4.98 Å². The minimum Gasteiger partial charge on any atom is -0.484 e. The van der Waals surface area contributed by atoms with Gasteiger partial charge in [0.15, 0.2) is 6.61 Å². The molecule has 1 amide bonds. The fraction of sp³-hybridized carbons (Fsp3) is 0.150. The molecular formula is C20H15Cl3N4O2S. The molecule has 0 saturated carbocycles. The summed E-state index contributed by atoms with van der Waals surface area (Å²) in [5.74, 6) is 0.387. The van der Waals surface area contributed by atoms with Crippen LogP contribution in [-0.2, 0) is 4.79 Å². The number of carbonyl (C=O) groups excluding carboxylic acids is 1. The standard InChI is InChI=1S/C20H15Cl3N4O2S/c1-10-5-13(6-11(2)18(10)23)29-8-17(28)24-19-25-20-27(26-19)16(9-30-20)14-4-3-12(21)7-15(14)22/h3-7,9H,8H2,1-2H3,(H,24,26,28). The number of ether oxygens (including phenoxy) is 1. The number of aryl methyl sites for hydroxylation is 2. The van der Waals surface area contributed by atoms with Gasteiger partial charge in [-0.25, -0.2) is 4.52 Å². The fourth-order valence-corrected chi connectivity index (χ4v) is 4.35. The van der Waals surface area contributed by atoms with Crippen LogP contribution in [0.2, 0.25) is 15.1 Å². The lowest BCUT2D eigenvalue weighted by atomic mass is 10.1. The molecule has 0 aliphatic rings. The SMILES string of the molecule is Cc1cc(OCC(=O)Nc2nc3scc(-c4ccc(Cl)cc4Cl)n3n2)cc(C)c1Cl. The molecule has 4 aromatic rings. The monoisotopic (exact) mass is 480 g/mol. The molecule has 0 radical (unpaired) electrons. The van der Waals surface area contributed by atoms with Crippen molar-refractivity contribution in [2.24, 2.45) is 0 Å². The van der Waals surface area contributed by atoms with Crippen molar-refractivity contribution >= 4 is 63.0 Å². The zero-order valence-corrected chi connectivity index (χ0v) is 19.0. The summed E-state index contributed by atoms with van der Waals surface area (Å²) in [5, 5.41) is 10.6. The van der Waals surface area contributed by atoms with E-state index in [1.807, 2.05) is 25.3 Å². The van der Waals surface area contributed by atoms with Gasteiger partial charge in [0.1, 0.15) is 5.75 Å². The second-order valence-electron chi connectivity index (χ2n) is 6.58. The molecule has 0 unspecified atom stereocenters. The minimum absolute atomic E-state index is 0.177. The number of nitrogens with zero attached hydrogens (tertiary/aromatic N) is 3. The van der Waals surface area contributed by atoms with E-state index < -0.39 is 0 Å². The lowest BCUT2D eigenvalue weighted by molar-refractivity contribution is -0.118. The number of rotatable bonds is 5. The lowest BCUT2D eigenvalue weighted by Gasteiger charge is -2.09. The summed E-state index contributed by atoms with van der Waals surface area (Å²) in [6.45, 7) is 3.59. The number of amides is 1. The second kappa shape index (κ2) is 8.43. The Morgan fingerprint density at radius 1 is 1.17 bits per heavy atom. The molecule has 2 aromatic carbocycles. The highest BCUT2D eigenvalue weighted by Gasteiger charge is 2.16. The number of nitrogens with one attached hydrogen (secondary N) is 1. The molecule has 30 heavy (non-hydrogen) atoms. The van der Waals surface area contributed by atoms with Crippen LogP contribution in [0.1, 0.15) is 11.1 Å². The maximum atomic E-state index is 12.3. The van der Waals surface area contributed by atoms with E-state index in [9.17, 15) is 4.79 Å². The summed E-state index contributed by atoms with van der Waals surface area (Å²) in [4.78, 5) is 17.2. The Hall–Kier alpha value is -2.32. The van der Waals surface area contributed by atoms with E-state index in [1.54, 1.807) is 28.8 Å². The molecule has 0 atom stereocenters. The van der Waals surface area contributed by atoms with E-state index in [-0.39, 0.29) is 18.5 Å². The van der Waals surface area contributed by atoms with Gasteiger partial charge in [-0.3, -0.25) is 10.1 Å². The van der Waals surface area contributed by atoms with Crippen molar-refractivity contribution in [3.8, 4) is 17.0 Å². The normalized spacial score (nSPS) is 11.1. The van der Waals surface area contributed by atoms with Gasteiger partial charge in [0.05, 0.1) is 10.7 Å². The summed E-state index contributed by atoms with van der Waals surface area (Å²) < 4.78 is 7.20. The third-order valence-electron chi connectivity index (χ3n) is 4.32. The summed E-state index contributed by atoms with van der Waals surface area (Å²) in [7, 11) is 0. The molecule has 10 heteroatoms. The van der Waals surface area contributed by atoms with Crippen molar-refractivity contribution < 1.29 is 9.53 Å². The predicted molar refractivity (Wildman–Crippen MR) is 121 cm³/mol. The van der Waals surface area contributed by atoms with Gasteiger partial charge in [-0.1, -0.05) is 34.8 Å². The second-order valence-corrected chi connectivity index (χ2v) is 8.64. The first-order valence-electron chi connectivity index (χ1n) is 8.81. The number of thiazole rings is 1. The highest BCUT2D eigenvalue weighted by molar-refractivity contribution is 7.15. The van der Waals surface area contributed by atoms with E-state index in [4.69, 9.17) is 39.5 Å². The molecule has 4 rings (SSSR count). The predicted octanol–water partition coefficient (Wildman–Crippen LogP) is 6.05. The third kappa shape index (κ3) is 4.25. The van der Waals surface area contributed by atoms with Gasteiger partial charge in [0.2, 0.25) is 4.96 Å². The zero-order valence-electron chi connectivity index (χ0n) is 15.9. The Labute approximate surface area is 191 Å². The number of benzene rings is 2. The smallest absolute Gasteiger partial charge is 0.264 e. The van der Waals surface area contributed by atoms with Crippen LogP contribution in [0, 0.1) is 13.8 Å². The van der Waals surface area contributed by atoms with Crippen LogP contribution in [0.3, 0.4) is 0 Å². The Morgan fingerprint density at radius 3 is 2.60 bits per heavy atom. The van der Waals surface area contributed by atoms with Crippen LogP contribution in [-0.4, -0.2) is 27.1 Å². The molecular weight excluding hydrogens is 467 g/mol. The van der Waals surface area contributed by atoms with Gasteiger partial charge < -0.3 is 4.74 Å². The Kier molecular flexibility index (Phi) is 5.88. The summed E-state index contributed by atoms with van der Waals surface area (Å²) >= 11 is 19.8. The number of fused-ring (bicyclic) bond motifs is 1. The highest BCUT2D eigenvalue weighted by Crippen LogP contribution is 2.33. The topological polar surface area (TPSA) is 68.5 Å². The van der Waals surface area contributed by atoms with E-state index in [0.29, 0.717) is 25.8 Å². The molecule has 2 aromatic heterocycles. The van der Waals surface area contributed by atoms with Crippen LogP contribution in [0.25, 0.3) is 16.2 Å². The number of aromatic nitrogens is 3. The Morgan fingerprint density at radius 2 is 1.90 bits per heavy atom. The van der Waals surface area contributed by atoms with E-state index >= 15 is 0 Å². The number of halogens is 3. The fourth-order valence-electron chi connectivity index (χ4n) is 2.92. The minimum atomic E-state index is -0.371. The van der Waals surface area contributed by atoms with Crippen LogP contribution in [0.15, 0.2) is 35.7 Å². The number of anilines is 1. The molecule has 0 saturated heterocycles. The zero-order chi connectivity index (χ0) is 21.4. The average molecular weight is 482 g/mol. The molecule has 1 N–H and O–H groups in total. The lowest BCUT2D eigenvalue weighted by Crippen LogP contribution is -2.21. The maximum absolute atomic E-state index is 12.3. The largest absolute Gasteiger partial charge is 0.484 e. The van der Waals surface area contributed by atoms with Crippen molar-refractivity contribution in [2.75, 3.05) is 11.9 Å². The van der Waals surface area contributed by atoms with Crippen LogP contribution in [0.5, 0.6) is 5.75 Å². The molecule has 0 spiro atoms. The molecule has 0 fully saturated rings. The van der Waals surface area contributed by atoms with Gasteiger partial charge in [-0.05, 0) is 55.3 Å². The first-order chi connectivity index (χ1) is 14.3. The Bertz CT molecular complexity index is 1250. The van der Waals surface area contributed by atoms with Crippen molar-refractivity contribution in [2.45, 2.75) is 13.8 Å². The van der Waals surface area contributed by atoms with E-state index in [1.165, 1.54) is 11.3 Å². The van der Waals surface area contributed by atoms with Crippen molar-refractivity contribution in [1.29, 1.82) is 0 Å². The summed E-state index contributed by atoms with van der Waals surface area (Å²) in [5.41, 5.74) is 3.30. The number of carbonyl (C=O) groups is 1. The molecule has 0 aliphatic carbocycles. The van der Waals surface area contributed by atoms with Crippen molar-refractivity contribution in [3.63, 3.8) is 0 Å². The van der Waals surface area contributed by atoms with Gasteiger partial charge in [-0.15, -0.1) is 16.4 Å². The first-order valence-corrected chi connectivity index (χ1v) is 10.8. The molecule has 2 heterocycles. The van der Waals surface area contributed by atoms with Crippen LogP contribution in [0.4, 0.5) is 5.95 Å². The van der Waals surface area contributed by atoms with Crippen LogP contribution >= 0.6 is 46.1 Å². The summed E-state index contributed by atoms with van der Waals surface area (Å²) in [6.07, 6.45) is 0. The molecule has 154 valence electrons. The summed E-state index contributed by atoms with van der Waals surface area (Å²) in [6, 6.07) is 8.81. The molecule has 0 bridgehead atoms. The third-order valence-corrected chi connectivity index (χ3v) is 6.28. The number of hydrogen-bond donors (Lipinski definition) is 1. The van der Waals surface area contributed by atoms with Crippen molar-refractivity contribution in [3.05, 3.63) is 61.9 Å². The van der Waals surface area contributed by atoms with Gasteiger partial charge >= 0.3 is 0 Å². The molecule has 0 aliphatic heterocycles. The van der Waals surface area contributed by atoms with E-state index in [2.05, 4.69) is 15.4 Å². The Balaban J connectivity index is 1.48. The van der Waals surface area contributed by atoms with Crippen molar-refractivity contribution in [1.82, 2.24) is 14.6 Å². The van der Waals surface area contributed by atoms with Gasteiger partial charge in [0.25, 0.3) is 11.9 Å². The number of hydrogen-bond acceptors (Lipinski definition) is 5. The van der Waals surface area contributed by atoms with Gasteiger partial charge in [0, 0.05) is 21.0 Å².